The molecule has 0 atom stereocenters. The maximum atomic E-state index is 12.9. The van der Waals surface area contributed by atoms with Gasteiger partial charge in [-0.15, -0.1) is 0 Å². The molecule has 0 fully saturated rings. The molecule has 1 aliphatic heterocycles. The highest BCUT2D eigenvalue weighted by molar-refractivity contribution is 7.89. The Morgan fingerprint density at radius 1 is 0.970 bits per heavy atom. The second-order valence-corrected chi connectivity index (χ2v) is 9.63. The molecule has 0 bridgehead atoms. The molecule has 1 heterocycles. The highest BCUT2D eigenvalue weighted by Crippen LogP contribution is 2.23. The van der Waals surface area contributed by atoms with E-state index in [0.29, 0.717) is 42.6 Å². The minimum absolute atomic E-state index is 0.0891. The lowest BCUT2D eigenvalue weighted by molar-refractivity contribution is 0.0485. The van der Waals surface area contributed by atoms with E-state index in [1.165, 1.54) is 21.3 Å². The third kappa shape index (κ3) is 4.99. The zero-order valence-corrected chi connectivity index (χ0v) is 19.9. The van der Waals surface area contributed by atoms with Crippen LogP contribution in [0.3, 0.4) is 0 Å². The van der Waals surface area contributed by atoms with Crippen molar-refractivity contribution in [3.8, 4) is 0 Å². The van der Waals surface area contributed by atoms with E-state index in [-0.39, 0.29) is 35.4 Å². The van der Waals surface area contributed by atoms with Gasteiger partial charge in [0.1, 0.15) is 0 Å². The quantitative estimate of drug-likeness (QED) is 0.299. The normalized spacial score (nSPS) is 13.5. The highest BCUT2D eigenvalue weighted by atomic mass is 32.2. The van der Waals surface area contributed by atoms with Crippen LogP contribution in [0.2, 0.25) is 0 Å². The number of hydrogen-bond donors (Lipinski definition) is 0. The third-order valence-corrected chi connectivity index (χ3v) is 7.83. The second-order valence-electron chi connectivity index (χ2n) is 7.72. The molecule has 176 valence electrons. The summed E-state index contributed by atoms with van der Waals surface area (Å²) in [5.41, 5.74) is 1.53. The number of amides is 2. The van der Waals surface area contributed by atoms with E-state index in [1.807, 2.05) is 0 Å². The molecule has 2 aromatic carbocycles. The number of esters is 1. The van der Waals surface area contributed by atoms with Crippen LogP contribution in [0, 0.1) is 6.92 Å². The first-order valence-electron chi connectivity index (χ1n) is 11.0. The first-order valence-corrected chi connectivity index (χ1v) is 12.4. The number of benzene rings is 2. The number of carbonyl (C=O) groups excluding carboxylic acids is 3. The number of fused-ring (bicyclic) bond motifs is 1. The summed E-state index contributed by atoms with van der Waals surface area (Å²) in [5, 5.41) is 0. The van der Waals surface area contributed by atoms with Crippen LogP contribution in [0.4, 0.5) is 0 Å². The molecule has 1 aliphatic rings. The van der Waals surface area contributed by atoms with Crippen molar-refractivity contribution in [1.82, 2.24) is 9.21 Å². The van der Waals surface area contributed by atoms with Crippen molar-refractivity contribution in [2.24, 2.45) is 0 Å². The minimum Gasteiger partial charge on any atom is -0.462 e. The standard InChI is InChI=1S/C24H28N2O6S/c1-4-25(5-2)33(30,31)21-16-18(13-12-17(21)3)24(29)32-15-9-8-14-26-22(27)19-10-6-7-11-20(19)23(26)28/h6-7,10-13,16H,4-5,8-9,14-15H2,1-3H3. The summed E-state index contributed by atoms with van der Waals surface area (Å²) in [6, 6.07) is 11.2. The van der Waals surface area contributed by atoms with Crippen LogP contribution < -0.4 is 0 Å². The maximum Gasteiger partial charge on any atom is 0.338 e. The summed E-state index contributed by atoms with van der Waals surface area (Å²) in [4.78, 5) is 38.5. The number of unbranched alkanes of at least 4 members (excludes halogenated alkanes) is 1. The van der Waals surface area contributed by atoms with Crippen LogP contribution in [0.15, 0.2) is 47.4 Å². The predicted octanol–water partition coefficient (Wildman–Crippen LogP) is 3.26. The fourth-order valence-corrected chi connectivity index (χ4v) is 5.48. The summed E-state index contributed by atoms with van der Waals surface area (Å²) in [6.45, 7) is 6.20. The Morgan fingerprint density at radius 2 is 1.58 bits per heavy atom. The zero-order valence-electron chi connectivity index (χ0n) is 19.0. The van der Waals surface area contributed by atoms with E-state index in [0.717, 1.165) is 0 Å². The molecule has 0 spiro atoms. The fourth-order valence-electron chi connectivity index (χ4n) is 3.77. The molecule has 9 heteroatoms. The lowest BCUT2D eigenvalue weighted by Gasteiger charge is -2.20. The van der Waals surface area contributed by atoms with Gasteiger partial charge in [-0.1, -0.05) is 32.0 Å². The smallest absolute Gasteiger partial charge is 0.338 e. The Bertz CT molecular complexity index is 1140. The van der Waals surface area contributed by atoms with Gasteiger partial charge in [0.15, 0.2) is 0 Å². The molecule has 0 aromatic heterocycles. The topological polar surface area (TPSA) is 101 Å². The molecule has 8 nitrogen and oxygen atoms in total. The van der Waals surface area contributed by atoms with Crippen LogP contribution >= 0.6 is 0 Å². The number of ether oxygens (including phenoxy) is 1. The molecule has 0 saturated heterocycles. The van der Waals surface area contributed by atoms with Gasteiger partial charge in [0.2, 0.25) is 10.0 Å². The van der Waals surface area contributed by atoms with Gasteiger partial charge in [-0.3, -0.25) is 14.5 Å². The highest BCUT2D eigenvalue weighted by Gasteiger charge is 2.34. The lowest BCUT2D eigenvalue weighted by Crippen LogP contribution is -2.31. The number of aryl methyl sites for hydroxylation is 1. The molecule has 0 radical (unpaired) electrons. The van der Waals surface area contributed by atoms with Crippen LogP contribution in [0.5, 0.6) is 0 Å². The molecule has 0 aliphatic carbocycles. The lowest BCUT2D eigenvalue weighted by atomic mass is 10.1. The molecule has 0 saturated carbocycles. The van der Waals surface area contributed by atoms with Crippen molar-refractivity contribution >= 4 is 27.8 Å². The zero-order chi connectivity index (χ0) is 24.2. The van der Waals surface area contributed by atoms with E-state index in [2.05, 4.69) is 0 Å². The number of nitrogens with zero attached hydrogens (tertiary/aromatic N) is 2. The number of rotatable bonds is 10. The van der Waals surface area contributed by atoms with E-state index in [9.17, 15) is 22.8 Å². The molecule has 2 aromatic rings. The number of sulfonamides is 1. The van der Waals surface area contributed by atoms with E-state index in [4.69, 9.17) is 4.74 Å². The van der Waals surface area contributed by atoms with Crippen molar-refractivity contribution in [2.45, 2.75) is 38.5 Å². The van der Waals surface area contributed by atoms with Crippen molar-refractivity contribution in [2.75, 3.05) is 26.2 Å². The Morgan fingerprint density at radius 3 is 2.15 bits per heavy atom. The number of imide groups is 1. The fraction of sp³-hybridized carbons (Fsp3) is 0.375. The predicted molar refractivity (Wildman–Crippen MR) is 123 cm³/mol. The molecular weight excluding hydrogens is 444 g/mol. The third-order valence-electron chi connectivity index (χ3n) is 5.63. The van der Waals surface area contributed by atoms with Crippen molar-refractivity contribution in [3.05, 3.63) is 64.7 Å². The van der Waals surface area contributed by atoms with Gasteiger partial charge in [0, 0.05) is 19.6 Å². The largest absolute Gasteiger partial charge is 0.462 e. The van der Waals surface area contributed by atoms with E-state index in [1.54, 1.807) is 51.1 Å². The molecule has 3 rings (SSSR count). The molecule has 33 heavy (non-hydrogen) atoms. The average Bonchev–Trinajstić information content (AvgIpc) is 3.04. The SMILES string of the molecule is CCN(CC)S(=O)(=O)c1cc(C(=O)OCCCCN2C(=O)c3ccccc3C2=O)ccc1C. The van der Waals surface area contributed by atoms with Crippen LogP contribution in [0.1, 0.15) is 63.3 Å². The van der Waals surface area contributed by atoms with Gasteiger partial charge >= 0.3 is 5.97 Å². The van der Waals surface area contributed by atoms with Gasteiger partial charge in [-0.25, -0.2) is 13.2 Å². The van der Waals surface area contributed by atoms with Crippen molar-refractivity contribution < 1.29 is 27.5 Å². The minimum atomic E-state index is -3.70. The summed E-state index contributed by atoms with van der Waals surface area (Å²) >= 11 is 0. The van der Waals surface area contributed by atoms with Gasteiger partial charge in [-0.05, 0) is 49.6 Å². The number of carbonyl (C=O) groups is 3. The Labute approximate surface area is 194 Å². The van der Waals surface area contributed by atoms with Crippen molar-refractivity contribution in [3.63, 3.8) is 0 Å². The van der Waals surface area contributed by atoms with Gasteiger partial charge in [-0.2, -0.15) is 4.31 Å². The van der Waals surface area contributed by atoms with E-state index < -0.39 is 16.0 Å². The average molecular weight is 473 g/mol. The van der Waals surface area contributed by atoms with Crippen molar-refractivity contribution in [1.29, 1.82) is 0 Å². The van der Waals surface area contributed by atoms with Gasteiger partial charge < -0.3 is 4.74 Å². The van der Waals surface area contributed by atoms with Crippen LogP contribution in [-0.2, 0) is 14.8 Å². The molecule has 2 amide bonds. The summed E-state index contributed by atoms with van der Waals surface area (Å²) in [6.07, 6.45) is 0.934. The van der Waals surface area contributed by atoms with Crippen LogP contribution in [0.25, 0.3) is 0 Å². The van der Waals surface area contributed by atoms with E-state index >= 15 is 0 Å². The molecular formula is C24H28N2O6S. The van der Waals surface area contributed by atoms with Gasteiger partial charge in [0.25, 0.3) is 11.8 Å². The first kappa shape index (κ1) is 24.6. The molecule has 0 unspecified atom stereocenters. The Balaban J connectivity index is 1.55. The molecule has 0 N–H and O–H groups in total. The van der Waals surface area contributed by atoms with Crippen LogP contribution in [-0.4, -0.2) is 61.6 Å². The Kier molecular flexibility index (Phi) is 7.65. The summed E-state index contributed by atoms with van der Waals surface area (Å²) < 4.78 is 32.4. The monoisotopic (exact) mass is 472 g/mol. The summed E-state index contributed by atoms with van der Waals surface area (Å²) in [5.74, 6) is -1.24. The summed E-state index contributed by atoms with van der Waals surface area (Å²) in [7, 11) is -3.70. The first-order chi connectivity index (χ1) is 15.7. The maximum absolute atomic E-state index is 12.9. The van der Waals surface area contributed by atoms with Gasteiger partial charge in [0.05, 0.1) is 28.2 Å². The number of hydrogen-bond acceptors (Lipinski definition) is 6. The second kappa shape index (κ2) is 10.3. The Hall–Kier alpha value is -3.04.